The fourth-order valence-electron chi connectivity index (χ4n) is 2.23. The average Bonchev–Trinajstić information content (AvgIpc) is 2.41. The number of rotatable bonds is 4. The van der Waals surface area contributed by atoms with E-state index in [0.29, 0.717) is 6.61 Å². The van der Waals surface area contributed by atoms with Crippen LogP contribution in [0, 0.1) is 5.92 Å². The molecule has 5 heteroatoms. The highest BCUT2D eigenvalue weighted by atomic mass is 16.5. The Kier molecular flexibility index (Phi) is 4.64. The van der Waals surface area contributed by atoms with Crippen LogP contribution < -0.4 is 0 Å². The highest BCUT2D eigenvalue weighted by Gasteiger charge is 2.25. The number of aromatic nitrogens is 2. The van der Waals surface area contributed by atoms with Gasteiger partial charge in [0, 0.05) is 25.1 Å². The van der Waals surface area contributed by atoms with Crippen LogP contribution in [-0.2, 0) is 16.1 Å². The van der Waals surface area contributed by atoms with E-state index >= 15 is 0 Å². The third kappa shape index (κ3) is 3.50. The molecule has 0 N–H and O–H groups in total. The average molecular weight is 249 g/mol. The second-order valence-corrected chi connectivity index (χ2v) is 4.50. The van der Waals surface area contributed by atoms with Crippen LogP contribution in [0.3, 0.4) is 0 Å². The van der Waals surface area contributed by atoms with Gasteiger partial charge in [-0.25, -0.2) is 0 Å². The van der Waals surface area contributed by atoms with E-state index < -0.39 is 0 Å². The van der Waals surface area contributed by atoms with Gasteiger partial charge in [-0.1, -0.05) is 0 Å². The second-order valence-electron chi connectivity index (χ2n) is 4.50. The van der Waals surface area contributed by atoms with Crippen molar-refractivity contribution in [1.29, 1.82) is 0 Å². The molecule has 2 rings (SSSR count). The molecule has 0 saturated carbocycles. The van der Waals surface area contributed by atoms with E-state index in [1.54, 1.807) is 18.6 Å². The smallest absolute Gasteiger partial charge is 0.309 e. The highest BCUT2D eigenvalue weighted by Crippen LogP contribution is 2.19. The third-order valence-corrected chi connectivity index (χ3v) is 3.21. The first-order chi connectivity index (χ1) is 8.79. The second kappa shape index (κ2) is 6.44. The molecule has 0 aromatic carbocycles. The van der Waals surface area contributed by atoms with Crippen molar-refractivity contribution >= 4 is 5.97 Å². The quantitative estimate of drug-likeness (QED) is 0.752. The normalized spacial score (nSPS) is 17.6. The van der Waals surface area contributed by atoms with Gasteiger partial charge in [-0.05, 0) is 32.9 Å². The Balaban J connectivity index is 1.78. The van der Waals surface area contributed by atoms with Crippen molar-refractivity contribution in [2.45, 2.75) is 26.3 Å². The standard InChI is InChI=1S/C13H19N3O2/c1-2-18-13(17)11-3-7-16(8-4-11)10-12-9-14-5-6-15-12/h5-6,9,11H,2-4,7-8,10H2,1H3. The molecule has 0 radical (unpaired) electrons. The molecule has 0 aliphatic carbocycles. The molecule has 2 heterocycles. The van der Waals surface area contributed by atoms with E-state index in [9.17, 15) is 4.79 Å². The molecule has 1 fully saturated rings. The number of ether oxygens (including phenoxy) is 1. The van der Waals surface area contributed by atoms with Gasteiger partial charge in [0.15, 0.2) is 0 Å². The Morgan fingerprint density at radius 2 is 2.22 bits per heavy atom. The van der Waals surface area contributed by atoms with Crippen LogP contribution in [-0.4, -0.2) is 40.5 Å². The molecule has 0 amide bonds. The van der Waals surface area contributed by atoms with Gasteiger partial charge in [-0.3, -0.25) is 19.7 Å². The summed E-state index contributed by atoms with van der Waals surface area (Å²) in [4.78, 5) is 22.2. The van der Waals surface area contributed by atoms with Crippen molar-refractivity contribution in [3.63, 3.8) is 0 Å². The molecule has 98 valence electrons. The predicted molar refractivity (Wildman–Crippen MR) is 66.7 cm³/mol. The number of piperidine rings is 1. The lowest BCUT2D eigenvalue weighted by molar-refractivity contribution is -0.149. The number of likely N-dealkylation sites (tertiary alicyclic amines) is 1. The molecule has 1 aromatic rings. The minimum Gasteiger partial charge on any atom is -0.466 e. The molecule has 0 unspecified atom stereocenters. The topological polar surface area (TPSA) is 55.3 Å². The van der Waals surface area contributed by atoms with Crippen molar-refractivity contribution in [1.82, 2.24) is 14.9 Å². The van der Waals surface area contributed by atoms with Crippen molar-refractivity contribution in [2.24, 2.45) is 5.92 Å². The summed E-state index contributed by atoms with van der Waals surface area (Å²) in [6.45, 7) is 4.96. The number of hydrogen-bond acceptors (Lipinski definition) is 5. The number of esters is 1. The Bertz CT molecular complexity index is 375. The lowest BCUT2D eigenvalue weighted by atomic mass is 9.97. The molecule has 0 atom stereocenters. The van der Waals surface area contributed by atoms with Crippen LogP contribution in [0.4, 0.5) is 0 Å². The first-order valence-corrected chi connectivity index (χ1v) is 6.43. The van der Waals surface area contributed by atoms with Crippen LogP contribution in [0.1, 0.15) is 25.5 Å². The van der Waals surface area contributed by atoms with Gasteiger partial charge in [-0.15, -0.1) is 0 Å². The van der Waals surface area contributed by atoms with E-state index in [1.165, 1.54) is 0 Å². The number of nitrogens with zero attached hydrogens (tertiary/aromatic N) is 3. The molecule has 0 bridgehead atoms. The SMILES string of the molecule is CCOC(=O)C1CCN(Cc2cnccn2)CC1. The summed E-state index contributed by atoms with van der Waals surface area (Å²) < 4.78 is 5.06. The summed E-state index contributed by atoms with van der Waals surface area (Å²) in [6.07, 6.45) is 6.92. The number of carbonyl (C=O) groups excluding carboxylic acids is 1. The van der Waals surface area contributed by atoms with Crippen LogP contribution >= 0.6 is 0 Å². The molecule has 1 aliphatic heterocycles. The number of hydrogen-bond donors (Lipinski definition) is 0. The summed E-state index contributed by atoms with van der Waals surface area (Å²) in [5.41, 5.74) is 0.979. The van der Waals surface area contributed by atoms with Crippen molar-refractivity contribution in [3.8, 4) is 0 Å². The van der Waals surface area contributed by atoms with Crippen molar-refractivity contribution in [2.75, 3.05) is 19.7 Å². The predicted octanol–water partition coefficient (Wildman–Crippen LogP) is 1.25. The lowest BCUT2D eigenvalue weighted by Crippen LogP contribution is -2.36. The highest BCUT2D eigenvalue weighted by molar-refractivity contribution is 5.72. The Hall–Kier alpha value is -1.49. The maximum atomic E-state index is 11.6. The Morgan fingerprint density at radius 1 is 1.44 bits per heavy atom. The van der Waals surface area contributed by atoms with E-state index in [1.807, 2.05) is 6.92 Å². The van der Waals surface area contributed by atoms with Crippen LogP contribution in [0.2, 0.25) is 0 Å². The monoisotopic (exact) mass is 249 g/mol. The van der Waals surface area contributed by atoms with Crippen LogP contribution in [0.15, 0.2) is 18.6 Å². The van der Waals surface area contributed by atoms with E-state index in [0.717, 1.165) is 38.2 Å². The van der Waals surface area contributed by atoms with Gasteiger partial charge in [0.2, 0.25) is 0 Å². The molecule has 18 heavy (non-hydrogen) atoms. The fourth-order valence-corrected chi connectivity index (χ4v) is 2.23. The fraction of sp³-hybridized carbons (Fsp3) is 0.615. The first kappa shape index (κ1) is 13.0. The zero-order valence-electron chi connectivity index (χ0n) is 10.7. The van der Waals surface area contributed by atoms with Crippen molar-refractivity contribution in [3.05, 3.63) is 24.3 Å². The molecule has 0 spiro atoms. The van der Waals surface area contributed by atoms with Crippen LogP contribution in [0.25, 0.3) is 0 Å². The Morgan fingerprint density at radius 3 is 2.83 bits per heavy atom. The summed E-state index contributed by atoms with van der Waals surface area (Å²) in [7, 11) is 0. The maximum Gasteiger partial charge on any atom is 0.309 e. The van der Waals surface area contributed by atoms with Gasteiger partial charge >= 0.3 is 5.97 Å². The molecular formula is C13H19N3O2. The van der Waals surface area contributed by atoms with Crippen LogP contribution in [0.5, 0.6) is 0 Å². The van der Waals surface area contributed by atoms with Gasteiger partial charge in [0.1, 0.15) is 0 Å². The van der Waals surface area contributed by atoms with Crippen molar-refractivity contribution < 1.29 is 9.53 Å². The summed E-state index contributed by atoms with van der Waals surface area (Å²) in [5.74, 6) is 0.0275. The molecule has 1 aromatic heterocycles. The van der Waals surface area contributed by atoms with Gasteiger partial charge in [-0.2, -0.15) is 0 Å². The molecular weight excluding hydrogens is 230 g/mol. The van der Waals surface area contributed by atoms with E-state index in [-0.39, 0.29) is 11.9 Å². The Labute approximate surface area is 107 Å². The third-order valence-electron chi connectivity index (χ3n) is 3.21. The minimum absolute atomic E-state index is 0.0448. The van der Waals surface area contributed by atoms with E-state index in [2.05, 4.69) is 14.9 Å². The molecule has 5 nitrogen and oxygen atoms in total. The summed E-state index contributed by atoms with van der Waals surface area (Å²) >= 11 is 0. The minimum atomic E-state index is -0.0448. The summed E-state index contributed by atoms with van der Waals surface area (Å²) in [6, 6.07) is 0. The summed E-state index contributed by atoms with van der Waals surface area (Å²) in [5, 5.41) is 0. The lowest BCUT2D eigenvalue weighted by Gasteiger charge is -2.30. The first-order valence-electron chi connectivity index (χ1n) is 6.43. The number of carbonyl (C=O) groups is 1. The zero-order chi connectivity index (χ0) is 12.8. The van der Waals surface area contributed by atoms with Gasteiger partial charge in [0.05, 0.1) is 18.2 Å². The van der Waals surface area contributed by atoms with Gasteiger partial charge < -0.3 is 4.74 Å². The zero-order valence-corrected chi connectivity index (χ0v) is 10.7. The molecule has 1 saturated heterocycles. The van der Waals surface area contributed by atoms with Gasteiger partial charge in [0.25, 0.3) is 0 Å². The molecule has 1 aliphatic rings. The largest absolute Gasteiger partial charge is 0.466 e. The maximum absolute atomic E-state index is 11.6. The van der Waals surface area contributed by atoms with E-state index in [4.69, 9.17) is 4.74 Å².